The van der Waals surface area contributed by atoms with E-state index in [0.717, 1.165) is 25.1 Å². The van der Waals surface area contributed by atoms with Crippen LogP contribution in [0.3, 0.4) is 0 Å². The Bertz CT molecular complexity index is 407. The summed E-state index contributed by atoms with van der Waals surface area (Å²) in [6.07, 6.45) is 1.94. The molecule has 0 spiro atoms. The van der Waals surface area contributed by atoms with E-state index in [-0.39, 0.29) is 5.82 Å². The van der Waals surface area contributed by atoms with Crippen LogP contribution in [0.4, 0.5) is 4.39 Å². The zero-order valence-electron chi connectivity index (χ0n) is 12.2. The highest BCUT2D eigenvalue weighted by molar-refractivity contribution is 5.17. The smallest absolute Gasteiger partial charge is 0.126 e. The lowest BCUT2D eigenvalue weighted by molar-refractivity contribution is 0.122. The highest BCUT2D eigenvalue weighted by atomic mass is 19.1. The Morgan fingerprint density at radius 2 is 2.05 bits per heavy atom. The van der Waals surface area contributed by atoms with Crippen LogP contribution in [0, 0.1) is 11.7 Å². The van der Waals surface area contributed by atoms with Gasteiger partial charge < -0.3 is 10.2 Å². The quantitative estimate of drug-likeness (QED) is 0.899. The Morgan fingerprint density at radius 1 is 1.32 bits per heavy atom. The second kappa shape index (κ2) is 6.49. The maximum absolute atomic E-state index is 13.5. The lowest BCUT2D eigenvalue weighted by atomic mass is 9.90. The van der Waals surface area contributed by atoms with E-state index in [0.29, 0.717) is 18.0 Å². The van der Waals surface area contributed by atoms with Crippen molar-refractivity contribution >= 4 is 0 Å². The van der Waals surface area contributed by atoms with Crippen LogP contribution in [-0.2, 0) is 6.42 Å². The Hall–Kier alpha value is -0.930. The second-order valence-electron chi connectivity index (χ2n) is 5.90. The van der Waals surface area contributed by atoms with Gasteiger partial charge >= 0.3 is 0 Å². The molecule has 2 rings (SSSR count). The normalized spacial score (nSPS) is 28.5. The van der Waals surface area contributed by atoms with Crippen LogP contribution in [0.1, 0.15) is 25.8 Å². The molecule has 0 bridgehead atoms. The van der Waals surface area contributed by atoms with Gasteiger partial charge in [-0.15, -0.1) is 0 Å². The van der Waals surface area contributed by atoms with E-state index in [2.05, 4.69) is 31.1 Å². The van der Waals surface area contributed by atoms with E-state index in [9.17, 15) is 4.39 Å². The summed E-state index contributed by atoms with van der Waals surface area (Å²) >= 11 is 0. The first-order chi connectivity index (χ1) is 9.08. The maximum Gasteiger partial charge on any atom is 0.126 e. The average Bonchev–Trinajstić information content (AvgIpc) is 2.38. The molecule has 0 aromatic heterocycles. The van der Waals surface area contributed by atoms with E-state index < -0.39 is 0 Å². The summed E-state index contributed by atoms with van der Waals surface area (Å²) in [6, 6.07) is 8.24. The molecule has 1 aromatic rings. The van der Waals surface area contributed by atoms with Crippen LogP contribution in [0.25, 0.3) is 0 Å². The highest BCUT2D eigenvalue weighted by Crippen LogP contribution is 2.20. The van der Waals surface area contributed by atoms with Gasteiger partial charge in [0.2, 0.25) is 0 Å². The zero-order chi connectivity index (χ0) is 13.8. The summed E-state index contributed by atoms with van der Waals surface area (Å²) in [5.74, 6) is 0.566. The van der Waals surface area contributed by atoms with Gasteiger partial charge in [0.25, 0.3) is 0 Å². The number of nitrogens with zero attached hydrogens (tertiary/aromatic N) is 1. The molecule has 2 nitrogen and oxygen atoms in total. The molecule has 1 heterocycles. The van der Waals surface area contributed by atoms with E-state index in [1.54, 1.807) is 6.07 Å². The molecule has 0 amide bonds. The van der Waals surface area contributed by atoms with Gasteiger partial charge in [0.1, 0.15) is 5.82 Å². The number of rotatable bonds is 4. The molecule has 1 aromatic carbocycles. The van der Waals surface area contributed by atoms with Gasteiger partial charge in [-0.1, -0.05) is 25.1 Å². The Balaban J connectivity index is 1.81. The van der Waals surface area contributed by atoms with E-state index >= 15 is 0 Å². The van der Waals surface area contributed by atoms with E-state index in [1.165, 1.54) is 12.5 Å². The fraction of sp³-hybridized carbons (Fsp3) is 0.625. The minimum Gasteiger partial charge on any atom is -0.313 e. The van der Waals surface area contributed by atoms with Crippen molar-refractivity contribution in [1.29, 1.82) is 0 Å². The molecule has 1 saturated heterocycles. The van der Waals surface area contributed by atoms with Crippen molar-refractivity contribution in [2.24, 2.45) is 5.92 Å². The molecule has 0 unspecified atom stereocenters. The zero-order valence-corrected chi connectivity index (χ0v) is 12.2. The molecule has 106 valence electrons. The molecule has 19 heavy (non-hydrogen) atoms. The molecular formula is C16H25FN2. The number of nitrogens with one attached hydrogen (secondary N) is 1. The van der Waals surface area contributed by atoms with Crippen molar-refractivity contribution < 1.29 is 4.39 Å². The van der Waals surface area contributed by atoms with Crippen LogP contribution < -0.4 is 5.32 Å². The van der Waals surface area contributed by atoms with Gasteiger partial charge in [-0.25, -0.2) is 4.39 Å². The first-order valence-electron chi connectivity index (χ1n) is 7.25. The van der Waals surface area contributed by atoms with Crippen molar-refractivity contribution in [1.82, 2.24) is 10.2 Å². The molecule has 0 radical (unpaired) electrons. The van der Waals surface area contributed by atoms with E-state index in [1.807, 2.05) is 12.1 Å². The molecule has 3 heteroatoms. The lowest BCUT2D eigenvalue weighted by Crippen LogP contribution is -2.51. The lowest BCUT2D eigenvalue weighted by Gasteiger charge is -2.40. The number of likely N-dealkylation sites (tertiary alicyclic amines) is 1. The summed E-state index contributed by atoms with van der Waals surface area (Å²) in [5, 5.41) is 3.60. The largest absolute Gasteiger partial charge is 0.313 e. The van der Waals surface area contributed by atoms with Crippen LogP contribution in [0.15, 0.2) is 24.3 Å². The summed E-state index contributed by atoms with van der Waals surface area (Å²) in [4.78, 5) is 2.42. The minimum atomic E-state index is -0.0888. The third kappa shape index (κ3) is 3.77. The summed E-state index contributed by atoms with van der Waals surface area (Å²) in [6.45, 7) is 6.56. The molecule has 1 aliphatic rings. The molecule has 3 atom stereocenters. The maximum atomic E-state index is 13.5. The predicted octanol–water partition coefficient (Wildman–Crippen LogP) is 2.69. The third-order valence-corrected chi connectivity index (χ3v) is 4.37. The van der Waals surface area contributed by atoms with Gasteiger partial charge in [0, 0.05) is 18.6 Å². The second-order valence-corrected chi connectivity index (χ2v) is 5.90. The third-order valence-electron chi connectivity index (χ3n) is 4.37. The molecule has 1 N–H and O–H groups in total. The average molecular weight is 264 g/mol. The van der Waals surface area contributed by atoms with Crippen molar-refractivity contribution in [3.8, 4) is 0 Å². The number of benzene rings is 1. The van der Waals surface area contributed by atoms with Crippen molar-refractivity contribution in [3.63, 3.8) is 0 Å². The van der Waals surface area contributed by atoms with Gasteiger partial charge in [0.15, 0.2) is 0 Å². The van der Waals surface area contributed by atoms with Crippen molar-refractivity contribution in [2.75, 3.05) is 20.1 Å². The minimum absolute atomic E-state index is 0.0888. The van der Waals surface area contributed by atoms with Crippen molar-refractivity contribution in [3.05, 3.63) is 35.6 Å². The standard InChI is InChI=1S/C16H25FN2/c1-12-11-19(3)13(2)10-16(12)18-9-8-14-6-4-5-7-15(14)17/h4-7,12-13,16,18H,8-11H2,1-3H3/t12-,13+,16-/m1/s1. The topological polar surface area (TPSA) is 15.3 Å². The fourth-order valence-corrected chi connectivity index (χ4v) is 2.92. The summed E-state index contributed by atoms with van der Waals surface area (Å²) < 4.78 is 13.5. The van der Waals surface area contributed by atoms with Crippen LogP contribution in [-0.4, -0.2) is 37.1 Å². The summed E-state index contributed by atoms with van der Waals surface area (Å²) in [7, 11) is 2.19. The summed E-state index contributed by atoms with van der Waals surface area (Å²) in [5.41, 5.74) is 0.809. The van der Waals surface area contributed by atoms with Crippen LogP contribution >= 0.6 is 0 Å². The first-order valence-corrected chi connectivity index (χ1v) is 7.25. The van der Waals surface area contributed by atoms with Gasteiger partial charge in [-0.2, -0.15) is 0 Å². The van der Waals surface area contributed by atoms with Crippen LogP contribution in [0.5, 0.6) is 0 Å². The number of piperidine rings is 1. The number of halogens is 1. The SMILES string of the molecule is C[C@@H]1CN(C)[C@@H](C)C[C@H]1NCCc1ccccc1F. The Kier molecular flexibility index (Phi) is 4.94. The number of hydrogen-bond donors (Lipinski definition) is 1. The highest BCUT2D eigenvalue weighted by Gasteiger charge is 2.28. The molecule has 0 aliphatic carbocycles. The molecule has 1 aliphatic heterocycles. The van der Waals surface area contributed by atoms with E-state index in [4.69, 9.17) is 0 Å². The number of hydrogen-bond acceptors (Lipinski definition) is 2. The molecule has 1 fully saturated rings. The Morgan fingerprint density at radius 3 is 2.79 bits per heavy atom. The van der Waals surface area contributed by atoms with Gasteiger partial charge in [-0.3, -0.25) is 0 Å². The van der Waals surface area contributed by atoms with Gasteiger partial charge in [0.05, 0.1) is 0 Å². The van der Waals surface area contributed by atoms with Gasteiger partial charge in [-0.05, 0) is 50.9 Å². The van der Waals surface area contributed by atoms with Crippen LogP contribution in [0.2, 0.25) is 0 Å². The first kappa shape index (κ1) is 14.5. The molecule has 0 saturated carbocycles. The monoisotopic (exact) mass is 264 g/mol. The predicted molar refractivity (Wildman–Crippen MR) is 77.8 cm³/mol. The Labute approximate surface area is 116 Å². The van der Waals surface area contributed by atoms with Crippen molar-refractivity contribution in [2.45, 2.75) is 38.8 Å². The fourth-order valence-electron chi connectivity index (χ4n) is 2.92. The molecular weight excluding hydrogens is 239 g/mol.